The normalized spacial score (nSPS) is 29.2. The number of aliphatic hydroxyl groups is 1. The lowest BCUT2D eigenvalue weighted by molar-refractivity contribution is 0.100. The van der Waals surface area contributed by atoms with Gasteiger partial charge in [-0.2, -0.15) is 4.98 Å². The number of nitrogens with two attached hydrogens (primary N) is 1. The standard InChI is InChI=1S/C18H30N6O2/c1-20-11-5-7-12(8-6-11)23-18-21-10-15(16(19)26)17(24-18)22-13-3-2-4-14(25)9-13/h10-14,20,25H,2-9H2,1H3,(H2,19,26)(H2,21,22,23,24)/t11?,12?,13?,14-/m0/s1. The first-order chi connectivity index (χ1) is 12.5. The molecule has 0 aliphatic heterocycles. The zero-order valence-corrected chi connectivity index (χ0v) is 15.4. The largest absolute Gasteiger partial charge is 0.393 e. The maximum absolute atomic E-state index is 11.7. The van der Waals surface area contributed by atoms with Gasteiger partial charge in [0.05, 0.1) is 11.7 Å². The van der Waals surface area contributed by atoms with E-state index >= 15 is 0 Å². The van der Waals surface area contributed by atoms with Gasteiger partial charge in [-0.3, -0.25) is 4.79 Å². The van der Waals surface area contributed by atoms with E-state index in [2.05, 4.69) is 25.9 Å². The highest BCUT2D eigenvalue weighted by Gasteiger charge is 2.24. The fourth-order valence-electron chi connectivity index (χ4n) is 3.94. The minimum absolute atomic E-state index is 0.0886. The molecule has 6 N–H and O–H groups in total. The first kappa shape index (κ1) is 18.8. The average molecular weight is 362 g/mol. The molecule has 1 amide bonds. The summed E-state index contributed by atoms with van der Waals surface area (Å²) in [5.41, 5.74) is 5.76. The van der Waals surface area contributed by atoms with Gasteiger partial charge in [-0.25, -0.2) is 4.98 Å². The van der Waals surface area contributed by atoms with Gasteiger partial charge in [0, 0.05) is 24.3 Å². The summed E-state index contributed by atoms with van der Waals surface area (Å²) in [7, 11) is 2.00. The summed E-state index contributed by atoms with van der Waals surface area (Å²) in [4.78, 5) is 20.5. The summed E-state index contributed by atoms with van der Waals surface area (Å²) in [6.45, 7) is 0. The quantitative estimate of drug-likeness (QED) is 0.515. The summed E-state index contributed by atoms with van der Waals surface area (Å²) < 4.78 is 0. The second-order valence-electron chi connectivity index (χ2n) is 7.46. The van der Waals surface area contributed by atoms with Crippen LogP contribution in [0.1, 0.15) is 61.7 Å². The molecule has 2 saturated carbocycles. The van der Waals surface area contributed by atoms with E-state index < -0.39 is 5.91 Å². The molecule has 26 heavy (non-hydrogen) atoms. The molecule has 0 aromatic carbocycles. The van der Waals surface area contributed by atoms with Crippen LogP contribution in [0.25, 0.3) is 0 Å². The number of anilines is 2. The molecular formula is C18H30N6O2. The molecule has 1 unspecified atom stereocenters. The summed E-state index contributed by atoms with van der Waals surface area (Å²) in [6, 6.07) is 1.01. The van der Waals surface area contributed by atoms with Crippen LogP contribution in [0.5, 0.6) is 0 Å². The molecule has 2 fully saturated rings. The second kappa shape index (κ2) is 8.64. The highest BCUT2D eigenvalue weighted by molar-refractivity contribution is 5.97. The van der Waals surface area contributed by atoms with E-state index in [-0.39, 0.29) is 17.7 Å². The van der Waals surface area contributed by atoms with Crippen LogP contribution in [-0.2, 0) is 0 Å². The molecular weight excluding hydrogens is 332 g/mol. The summed E-state index contributed by atoms with van der Waals surface area (Å²) >= 11 is 0. The third-order valence-electron chi connectivity index (χ3n) is 5.51. The Morgan fingerprint density at radius 1 is 1.12 bits per heavy atom. The number of nitrogens with one attached hydrogen (secondary N) is 3. The van der Waals surface area contributed by atoms with Gasteiger partial charge in [-0.15, -0.1) is 0 Å². The van der Waals surface area contributed by atoms with Crippen LogP contribution in [-0.4, -0.2) is 52.3 Å². The first-order valence-corrected chi connectivity index (χ1v) is 9.60. The highest BCUT2D eigenvalue weighted by atomic mass is 16.3. The van der Waals surface area contributed by atoms with Gasteiger partial charge >= 0.3 is 0 Å². The predicted molar refractivity (Wildman–Crippen MR) is 101 cm³/mol. The van der Waals surface area contributed by atoms with Crippen molar-refractivity contribution in [2.24, 2.45) is 5.73 Å². The van der Waals surface area contributed by atoms with Crippen LogP contribution in [0.2, 0.25) is 0 Å². The Kier molecular flexibility index (Phi) is 6.26. The van der Waals surface area contributed by atoms with Crippen molar-refractivity contribution in [2.45, 2.75) is 75.6 Å². The Balaban J connectivity index is 1.68. The van der Waals surface area contributed by atoms with Crippen molar-refractivity contribution in [2.75, 3.05) is 17.7 Å². The number of amides is 1. The van der Waals surface area contributed by atoms with Gasteiger partial charge in [0.15, 0.2) is 0 Å². The van der Waals surface area contributed by atoms with E-state index in [0.29, 0.717) is 30.3 Å². The van der Waals surface area contributed by atoms with E-state index in [1.165, 1.54) is 6.20 Å². The van der Waals surface area contributed by atoms with Crippen molar-refractivity contribution < 1.29 is 9.90 Å². The monoisotopic (exact) mass is 362 g/mol. The number of primary amides is 1. The Morgan fingerprint density at radius 2 is 1.85 bits per heavy atom. The molecule has 8 heteroatoms. The van der Waals surface area contributed by atoms with E-state index in [9.17, 15) is 9.90 Å². The topological polar surface area (TPSA) is 125 Å². The Morgan fingerprint density at radius 3 is 2.50 bits per heavy atom. The van der Waals surface area contributed by atoms with Gasteiger partial charge in [0.25, 0.3) is 5.91 Å². The van der Waals surface area contributed by atoms with Crippen LogP contribution in [0.15, 0.2) is 6.20 Å². The number of aliphatic hydroxyl groups excluding tert-OH is 1. The maximum Gasteiger partial charge on any atom is 0.254 e. The molecule has 0 spiro atoms. The molecule has 1 aromatic rings. The lowest BCUT2D eigenvalue weighted by atomic mass is 9.91. The smallest absolute Gasteiger partial charge is 0.254 e. The molecule has 144 valence electrons. The number of carbonyl (C=O) groups excluding carboxylic acids is 1. The summed E-state index contributed by atoms with van der Waals surface area (Å²) in [5.74, 6) is 0.421. The van der Waals surface area contributed by atoms with Crippen LogP contribution in [0, 0.1) is 0 Å². The molecule has 3 rings (SSSR count). The van der Waals surface area contributed by atoms with Crippen molar-refractivity contribution in [3.63, 3.8) is 0 Å². The second-order valence-corrected chi connectivity index (χ2v) is 7.46. The van der Waals surface area contributed by atoms with E-state index in [4.69, 9.17) is 5.73 Å². The van der Waals surface area contributed by atoms with Gasteiger partial charge in [0.1, 0.15) is 5.82 Å². The van der Waals surface area contributed by atoms with Crippen molar-refractivity contribution in [3.05, 3.63) is 11.8 Å². The molecule has 1 heterocycles. The lowest BCUT2D eigenvalue weighted by Gasteiger charge is -2.29. The van der Waals surface area contributed by atoms with Crippen LogP contribution >= 0.6 is 0 Å². The molecule has 0 radical (unpaired) electrons. The van der Waals surface area contributed by atoms with Crippen LogP contribution in [0.3, 0.4) is 0 Å². The predicted octanol–water partition coefficient (Wildman–Crippen LogP) is 1.23. The van der Waals surface area contributed by atoms with E-state index in [0.717, 1.165) is 44.9 Å². The highest BCUT2D eigenvalue weighted by Crippen LogP contribution is 2.25. The van der Waals surface area contributed by atoms with E-state index in [1.54, 1.807) is 0 Å². The first-order valence-electron chi connectivity index (χ1n) is 9.60. The summed E-state index contributed by atoms with van der Waals surface area (Å²) in [5, 5.41) is 19.9. The molecule has 1 aromatic heterocycles. The van der Waals surface area contributed by atoms with Crippen molar-refractivity contribution in [1.29, 1.82) is 0 Å². The number of hydrogen-bond acceptors (Lipinski definition) is 7. The Hall–Kier alpha value is -1.93. The third-order valence-corrected chi connectivity index (χ3v) is 5.51. The van der Waals surface area contributed by atoms with Gasteiger partial charge in [-0.1, -0.05) is 0 Å². The molecule has 0 bridgehead atoms. The number of aromatic nitrogens is 2. The molecule has 2 atom stereocenters. The van der Waals surface area contributed by atoms with Crippen molar-refractivity contribution in [1.82, 2.24) is 15.3 Å². The molecule has 8 nitrogen and oxygen atoms in total. The minimum atomic E-state index is -0.551. The minimum Gasteiger partial charge on any atom is -0.393 e. The molecule has 2 aliphatic carbocycles. The van der Waals surface area contributed by atoms with E-state index in [1.807, 2.05) is 7.05 Å². The third kappa shape index (κ3) is 4.82. The fraction of sp³-hybridized carbons (Fsp3) is 0.722. The van der Waals surface area contributed by atoms with Crippen LogP contribution < -0.4 is 21.7 Å². The average Bonchev–Trinajstić information content (AvgIpc) is 2.62. The molecule has 2 aliphatic rings. The number of rotatable bonds is 6. The van der Waals surface area contributed by atoms with Gasteiger partial charge in [0.2, 0.25) is 5.95 Å². The number of carbonyl (C=O) groups is 1. The van der Waals surface area contributed by atoms with Crippen LogP contribution in [0.4, 0.5) is 11.8 Å². The Bertz CT molecular complexity index is 618. The van der Waals surface area contributed by atoms with Crippen molar-refractivity contribution >= 4 is 17.7 Å². The van der Waals surface area contributed by atoms with Crippen molar-refractivity contribution in [3.8, 4) is 0 Å². The molecule has 0 saturated heterocycles. The SMILES string of the molecule is CNC1CCC(Nc2ncc(C(N)=O)c(NC3CCC[C@H](O)C3)n2)CC1. The fourth-order valence-corrected chi connectivity index (χ4v) is 3.94. The number of hydrogen-bond donors (Lipinski definition) is 5. The zero-order valence-electron chi connectivity index (χ0n) is 15.4. The Labute approximate surface area is 154 Å². The van der Waals surface area contributed by atoms with Gasteiger partial charge in [-0.05, 0) is 58.4 Å². The lowest BCUT2D eigenvalue weighted by Crippen LogP contribution is -2.35. The van der Waals surface area contributed by atoms with Gasteiger partial charge < -0.3 is 26.8 Å². The zero-order chi connectivity index (χ0) is 18.5. The number of nitrogens with zero attached hydrogens (tertiary/aromatic N) is 2. The maximum atomic E-state index is 11.7. The summed E-state index contributed by atoms with van der Waals surface area (Å²) in [6.07, 6.45) is 8.92.